The van der Waals surface area contributed by atoms with Crippen molar-refractivity contribution in [3.63, 3.8) is 0 Å². The van der Waals surface area contributed by atoms with Gasteiger partial charge in [-0.3, -0.25) is 0 Å². The molecule has 0 spiro atoms. The first-order valence-electron chi connectivity index (χ1n) is 5.95. The van der Waals surface area contributed by atoms with Crippen molar-refractivity contribution in [1.29, 1.82) is 0 Å². The Hall–Kier alpha value is -1.88. The van der Waals surface area contributed by atoms with Crippen molar-refractivity contribution in [2.24, 2.45) is 5.73 Å². The van der Waals surface area contributed by atoms with Crippen LogP contribution in [0, 0.1) is 0 Å². The van der Waals surface area contributed by atoms with Gasteiger partial charge in [-0.2, -0.15) is 0 Å². The number of nitrogens with two attached hydrogens (primary N) is 1. The van der Waals surface area contributed by atoms with Crippen LogP contribution in [0.1, 0.15) is 30.2 Å². The Morgan fingerprint density at radius 2 is 2.11 bits per heavy atom. The molecule has 1 aromatic heterocycles. The molecule has 1 aromatic carbocycles. The number of benzene rings is 1. The maximum Gasteiger partial charge on any atom is 0.225 e. The quantitative estimate of drug-likeness (QED) is 0.871. The smallest absolute Gasteiger partial charge is 0.225 e. The normalized spacial score (nSPS) is 12.4. The highest BCUT2D eigenvalue weighted by Gasteiger charge is 2.22. The topological polar surface area (TPSA) is 74.2 Å². The summed E-state index contributed by atoms with van der Waals surface area (Å²) >= 11 is 0. The van der Waals surface area contributed by atoms with Crippen LogP contribution in [0.2, 0.25) is 0 Å². The van der Waals surface area contributed by atoms with Crippen LogP contribution >= 0.6 is 0 Å². The lowest BCUT2D eigenvalue weighted by Crippen LogP contribution is -2.15. The number of hydrogen-bond acceptors (Lipinski definition) is 5. The third-order valence-electron chi connectivity index (χ3n) is 2.83. The lowest BCUT2D eigenvalue weighted by atomic mass is 9.98. The fraction of sp³-hybridized carbons (Fsp3) is 0.385. The third-order valence-corrected chi connectivity index (χ3v) is 2.83. The standard InChI is InChI=1S/C13H17N3O2/c1-3-12-15-16-13(18-12)10(8-14)9-6-4-5-7-11(9)17-2/h4-7,10H,3,8,14H2,1-2H3. The Labute approximate surface area is 106 Å². The molecule has 0 aliphatic carbocycles. The van der Waals surface area contributed by atoms with Gasteiger partial charge in [-0.15, -0.1) is 10.2 Å². The molecule has 1 atom stereocenters. The third kappa shape index (κ3) is 2.36. The molecule has 18 heavy (non-hydrogen) atoms. The van der Waals surface area contributed by atoms with Gasteiger partial charge in [0.25, 0.3) is 0 Å². The fourth-order valence-electron chi connectivity index (χ4n) is 1.87. The Balaban J connectivity index is 2.38. The summed E-state index contributed by atoms with van der Waals surface area (Å²) in [6.07, 6.45) is 0.718. The zero-order chi connectivity index (χ0) is 13.0. The van der Waals surface area contributed by atoms with Gasteiger partial charge in [0, 0.05) is 18.5 Å². The number of methoxy groups -OCH3 is 1. The van der Waals surface area contributed by atoms with Crippen molar-refractivity contribution >= 4 is 0 Å². The minimum Gasteiger partial charge on any atom is -0.496 e. The minimum absolute atomic E-state index is 0.131. The van der Waals surface area contributed by atoms with Crippen molar-refractivity contribution < 1.29 is 9.15 Å². The summed E-state index contributed by atoms with van der Waals surface area (Å²) in [5, 5.41) is 8.03. The molecule has 96 valence electrons. The van der Waals surface area contributed by atoms with Gasteiger partial charge in [-0.25, -0.2) is 0 Å². The number of aromatic nitrogens is 2. The van der Waals surface area contributed by atoms with Crippen LogP contribution in [-0.2, 0) is 6.42 Å². The highest BCUT2D eigenvalue weighted by atomic mass is 16.5. The lowest BCUT2D eigenvalue weighted by molar-refractivity contribution is 0.397. The first kappa shape index (κ1) is 12.6. The van der Waals surface area contributed by atoms with Crippen LogP contribution in [0.25, 0.3) is 0 Å². The zero-order valence-corrected chi connectivity index (χ0v) is 10.6. The van der Waals surface area contributed by atoms with Gasteiger partial charge in [-0.05, 0) is 6.07 Å². The predicted molar refractivity (Wildman–Crippen MR) is 67.6 cm³/mol. The summed E-state index contributed by atoms with van der Waals surface area (Å²) in [4.78, 5) is 0. The number of nitrogens with zero attached hydrogens (tertiary/aromatic N) is 2. The summed E-state index contributed by atoms with van der Waals surface area (Å²) in [5.74, 6) is 1.82. The first-order chi connectivity index (χ1) is 8.80. The number of ether oxygens (including phenoxy) is 1. The van der Waals surface area contributed by atoms with E-state index in [0.29, 0.717) is 18.3 Å². The molecule has 0 saturated heterocycles. The Kier molecular flexibility index (Phi) is 3.94. The Morgan fingerprint density at radius 3 is 2.72 bits per heavy atom. The molecule has 5 nitrogen and oxygen atoms in total. The van der Waals surface area contributed by atoms with E-state index in [0.717, 1.165) is 17.7 Å². The van der Waals surface area contributed by atoms with Crippen LogP contribution in [0.4, 0.5) is 0 Å². The average Bonchev–Trinajstić information content (AvgIpc) is 2.89. The van der Waals surface area contributed by atoms with Gasteiger partial charge in [0.05, 0.1) is 13.0 Å². The largest absolute Gasteiger partial charge is 0.496 e. The van der Waals surface area contributed by atoms with Gasteiger partial charge in [0.2, 0.25) is 11.8 Å². The van der Waals surface area contributed by atoms with E-state index in [1.807, 2.05) is 31.2 Å². The van der Waals surface area contributed by atoms with Crippen molar-refractivity contribution in [2.75, 3.05) is 13.7 Å². The van der Waals surface area contributed by atoms with Gasteiger partial charge >= 0.3 is 0 Å². The molecule has 1 unspecified atom stereocenters. The molecular formula is C13H17N3O2. The molecule has 2 N–H and O–H groups in total. The van der Waals surface area contributed by atoms with Crippen LogP contribution < -0.4 is 10.5 Å². The van der Waals surface area contributed by atoms with Gasteiger partial charge in [0.1, 0.15) is 5.75 Å². The van der Waals surface area contributed by atoms with Crippen LogP contribution in [0.3, 0.4) is 0 Å². The first-order valence-corrected chi connectivity index (χ1v) is 5.95. The molecule has 0 amide bonds. The van der Waals surface area contributed by atoms with Crippen LogP contribution in [-0.4, -0.2) is 23.9 Å². The Morgan fingerprint density at radius 1 is 1.33 bits per heavy atom. The summed E-state index contributed by atoms with van der Waals surface area (Å²) in [6, 6.07) is 7.72. The van der Waals surface area contributed by atoms with E-state index in [9.17, 15) is 0 Å². The van der Waals surface area contributed by atoms with E-state index in [-0.39, 0.29) is 5.92 Å². The monoisotopic (exact) mass is 247 g/mol. The van der Waals surface area contributed by atoms with Crippen molar-refractivity contribution in [1.82, 2.24) is 10.2 Å². The molecule has 0 bridgehead atoms. The van der Waals surface area contributed by atoms with Crippen LogP contribution in [0.5, 0.6) is 5.75 Å². The molecule has 5 heteroatoms. The summed E-state index contributed by atoms with van der Waals surface area (Å²) < 4.78 is 10.9. The fourth-order valence-corrected chi connectivity index (χ4v) is 1.87. The second-order valence-electron chi connectivity index (χ2n) is 3.92. The van der Waals surface area contributed by atoms with E-state index >= 15 is 0 Å². The molecule has 0 radical (unpaired) electrons. The molecular weight excluding hydrogens is 230 g/mol. The van der Waals surface area contributed by atoms with E-state index in [4.69, 9.17) is 14.9 Å². The minimum atomic E-state index is -0.131. The highest BCUT2D eigenvalue weighted by molar-refractivity contribution is 5.39. The predicted octanol–water partition coefficient (Wildman–Crippen LogP) is 1.73. The molecule has 0 fully saturated rings. The lowest BCUT2D eigenvalue weighted by Gasteiger charge is -2.14. The number of rotatable bonds is 5. The number of para-hydroxylation sites is 1. The summed E-state index contributed by atoms with van der Waals surface area (Å²) in [7, 11) is 1.64. The summed E-state index contributed by atoms with van der Waals surface area (Å²) in [5.41, 5.74) is 6.79. The van der Waals surface area contributed by atoms with Crippen molar-refractivity contribution in [3.8, 4) is 5.75 Å². The van der Waals surface area contributed by atoms with E-state index in [1.54, 1.807) is 7.11 Å². The highest BCUT2D eigenvalue weighted by Crippen LogP contribution is 2.30. The SMILES string of the molecule is CCc1nnc(C(CN)c2ccccc2OC)o1. The molecule has 0 aliphatic rings. The average molecular weight is 247 g/mol. The molecule has 0 aliphatic heterocycles. The second-order valence-corrected chi connectivity index (χ2v) is 3.92. The van der Waals surface area contributed by atoms with E-state index in [2.05, 4.69) is 10.2 Å². The van der Waals surface area contributed by atoms with Crippen molar-refractivity contribution in [3.05, 3.63) is 41.6 Å². The molecule has 2 aromatic rings. The Bertz CT molecular complexity index is 510. The van der Waals surface area contributed by atoms with Gasteiger partial charge in [0.15, 0.2) is 0 Å². The maximum absolute atomic E-state index is 5.83. The second kappa shape index (κ2) is 5.64. The van der Waals surface area contributed by atoms with Crippen molar-refractivity contribution in [2.45, 2.75) is 19.3 Å². The van der Waals surface area contributed by atoms with Gasteiger partial charge < -0.3 is 14.9 Å². The number of aryl methyl sites for hydroxylation is 1. The van der Waals surface area contributed by atoms with E-state index in [1.165, 1.54) is 0 Å². The molecule has 1 heterocycles. The zero-order valence-electron chi connectivity index (χ0n) is 10.6. The van der Waals surface area contributed by atoms with E-state index < -0.39 is 0 Å². The van der Waals surface area contributed by atoms with Gasteiger partial charge in [-0.1, -0.05) is 25.1 Å². The molecule has 2 rings (SSSR count). The summed E-state index contributed by atoms with van der Waals surface area (Å²) in [6.45, 7) is 2.36. The van der Waals surface area contributed by atoms with Crippen LogP contribution in [0.15, 0.2) is 28.7 Å². The maximum atomic E-state index is 5.83. The number of hydrogen-bond donors (Lipinski definition) is 1. The molecule has 0 saturated carbocycles.